The van der Waals surface area contributed by atoms with Crippen molar-refractivity contribution in [1.29, 1.82) is 0 Å². The monoisotopic (exact) mass is 577 g/mol. The largest absolute Gasteiger partial charge is 0.497 e. The molecule has 1 amide bonds. The number of methoxy groups -OCH3 is 1. The zero-order chi connectivity index (χ0) is 23.0. The summed E-state index contributed by atoms with van der Waals surface area (Å²) in [4.78, 5) is 24.1. The second-order valence-electron chi connectivity index (χ2n) is 8.53. The van der Waals surface area contributed by atoms with Crippen LogP contribution in [0.15, 0.2) is 53.5 Å². The topological polar surface area (TPSA) is 60.4 Å². The van der Waals surface area contributed by atoms with E-state index in [1.807, 2.05) is 29.2 Å². The normalized spacial score (nSPS) is 15.6. The van der Waals surface area contributed by atoms with Crippen molar-refractivity contribution in [2.24, 2.45) is 4.99 Å². The minimum Gasteiger partial charge on any atom is -0.497 e. The average Bonchev–Trinajstić information content (AvgIpc) is 3.30. The van der Waals surface area contributed by atoms with E-state index in [-0.39, 0.29) is 29.9 Å². The van der Waals surface area contributed by atoms with Crippen molar-refractivity contribution in [3.8, 4) is 5.75 Å². The number of ether oxygens (including phenoxy) is 1. The first-order valence-electron chi connectivity index (χ1n) is 11.9. The van der Waals surface area contributed by atoms with Crippen LogP contribution in [0.5, 0.6) is 5.75 Å². The van der Waals surface area contributed by atoms with Gasteiger partial charge in [0.2, 0.25) is 5.91 Å². The van der Waals surface area contributed by atoms with Crippen molar-refractivity contribution >= 4 is 41.5 Å². The zero-order valence-corrected chi connectivity index (χ0v) is 22.5. The van der Waals surface area contributed by atoms with Gasteiger partial charge in [0.1, 0.15) is 5.75 Å². The third-order valence-electron chi connectivity index (χ3n) is 6.36. The molecule has 1 saturated heterocycles. The number of halogens is 1. The van der Waals surface area contributed by atoms with Gasteiger partial charge in [0, 0.05) is 64.5 Å². The number of hydrogen-bond donors (Lipinski definition) is 1. The molecule has 0 saturated carbocycles. The highest BCUT2D eigenvalue weighted by Crippen LogP contribution is 2.23. The molecule has 1 fully saturated rings. The summed E-state index contributed by atoms with van der Waals surface area (Å²) in [5.41, 5.74) is 3.76. The third kappa shape index (κ3) is 6.55. The Labute approximate surface area is 220 Å². The SMILES string of the molecule is CCNC(=NCCCC(=O)N1Cc2ccccc2C1)N1CCN(c2ccc(OC)cc2)CC1.I. The zero-order valence-electron chi connectivity index (χ0n) is 20.2. The first-order valence-corrected chi connectivity index (χ1v) is 11.9. The molecule has 7 nitrogen and oxygen atoms in total. The Bertz CT molecular complexity index is 933. The first kappa shape index (κ1) is 26.1. The Morgan fingerprint density at radius 1 is 0.971 bits per heavy atom. The highest BCUT2D eigenvalue weighted by molar-refractivity contribution is 14.0. The Hall–Kier alpha value is -2.49. The van der Waals surface area contributed by atoms with Gasteiger partial charge < -0.3 is 24.8 Å². The van der Waals surface area contributed by atoms with Crippen molar-refractivity contribution in [2.45, 2.75) is 32.9 Å². The Morgan fingerprint density at radius 2 is 1.62 bits per heavy atom. The predicted octanol–water partition coefficient (Wildman–Crippen LogP) is 3.72. The van der Waals surface area contributed by atoms with E-state index in [2.05, 4.69) is 46.3 Å². The first-order chi connectivity index (χ1) is 16.2. The number of nitrogens with zero attached hydrogens (tertiary/aromatic N) is 4. The number of amides is 1. The van der Waals surface area contributed by atoms with Crippen LogP contribution in [0.25, 0.3) is 0 Å². The lowest BCUT2D eigenvalue weighted by Gasteiger charge is -2.37. The molecule has 0 unspecified atom stereocenters. The van der Waals surface area contributed by atoms with Crippen molar-refractivity contribution in [2.75, 3.05) is 51.3 Å². The number of anilines is 1. The number of carbonyl (C=O) groups excluding carboxylic acids is 1. The summed E-state index contributed by atoms with van der Waals surface area (Å²) in [5, 5.41) is 3.42. The van der Waals surface area contributed by atoms with E-state index in [0.29, 0.717) is 13.0 Å². The van der Waals surface area contributed by atoms with Crippen LogP contribution in [0.4, 0.5) is 5.69 Å². The van der Waals surface area contributed by atoms with Crippen molar-refractivity contribution in [3.05, 3.63) is 59.7 Å². The minimum absolute atomic E-state index is 0. The molecule has 2 aromatic carbocycles. The highest BCUT2D eigenvalue weighted by atomic mass is 127. The van der Waals surface area contributed by atoms with E-state index < -0.39 is 0 Å². The number of nitrogens with one attached hydrogen (secondary N) is 1. The van der Waals surface area contributed by atoms with Crippen LogP contribution in [-0.4, -0.2) is 68.0 Å². The molecule has 0 bridgehead atoms. The van der Waals surface area contributed by atoms with Gasteiger partial charge in [0.25, 0.3) is 0 Å². The van der Waals surface area contributed by atoms with Gasteiger partial charge in [0.15, 0.2) is 5.96 Å². The summed E-state index contributed by atoms with van der Waals surface area (Å²) in [6.45, 7) is 8.80. The molecular weight excluding hydrogens is 541 g/mol. The second kappa shape index (κ2) is 12.8. The fourth-order valence-electron chi connectivity index (χ4n) is 4.48. The van der Waals surface area contributed by atoms with Gasteiger partial charge >= 0.3 is 0 Å². The third-order valence-corrected chi connectivity index (χ3v) is 6.36. The van der Waals surface area contributed by atoms with Gasteiger partial charge in [-0.05, 0) is 48.7 Å². The van der Waals surface area contributed by atoms with Crippen LogP contribution in [0.3, 0.4) is 0 Å². The van der Waals surface area contributed by atoms with E-state index in [0.717, 1.165) is 63.9 Å². The summed E-state index contributed by atoms with van der Waals surface area (Å²) in [6, 6.07) is 16.6. The number of guanidine groups is 1. The molecule has 4 rings (SSSR count). The lowest BCUT2D eigenvalue weighted by atomic mass is 10.1. The molecule has 2 aliphatic heterocycles. The minimum atomic E-state index is 0. The van der Waals surface area contributed by atoms with Gasteiger partial charge in [-0.15, -0.1) is 24.0 Å². The summed E-state index contributed by atoms with van der Waals surface area (Å²) in [7, 11) is 1.69. The number of fused-ring (bicyclic) bond motifs is 1. The molecule has 0 spiro atoms. The number of benzene rings is 2. The smallest absolute Gasteiger partial charge is 0.223 e. The van der Waals surface area contributed by atoms with Crippen LogP contribution in [-0.2, 0) is 17.9 Å². The van der Waals surface area contributed by atoms with Gasteiger partial charge in [-0.1, -0.05) is 24.3 Å². The Morgan fingerprint density at radius 3 is 2.21 bits per heavy atom. The average molecular weight is 578 g/mol. The number of aliphatic imine (C=N–C) groups is 1. The van der Waals surface area contributed by atoms with Crippen molar-refractivity contribution in [3.63, 3.8) is 0 Å². The molecule has 0 aromatic heterocycles. The number of piperazine rings is 1. The van der Waals surface area contributed by atoms with Crippen LogP contribution in [0.2, 0.25) is 0 Å². The van der Waals surface area contributed by atoms with Crippen LogP contribution in [0, 0.1) is 0 Å². The van der Waals surface area contributed by atoms with E-state index in [4.69, 9.17) is 9.73 Å². The van der Waals surface area contributed by atoms with Gasteiger partial charge in [-0.2, -0.15) is 0 Å². The molecule has 184 valence electrons. The predicted molar refractivity (Wildman–Crippen MR) is 148 cm³/mol. The molecule has 2 aliphatic rings. The molecule has 2 aromatic rings. The number of rotatable bonds is 7. The maximum Gasteiger partial charge on any atom is 0.223 e. The molecular formula is C26H36IN5O2. The van der Waals surface area contributed by atoms with Gasteiger partial charge in [0.05, 0.1) is 7.11 Å². The van der Waals surface area contributed by atoms with Gasteiger partial charge in [-0.25, -0.2) is 0 Å². The molecule has 8 heteroatoms. The molecule has 0 radical (unpaired) electrons. The lowest BCUT2D eigenvalue weighted by Crippen LogP contribution is -2.52. The maximum atomic E-state index is 12.6. The second-order valence-corrected chi connectivity index (χ2v) is 8.53. The van der Waals surface area contributed by atoms with E-state index in [1.165, 1.54) is 16.8 Å². The quantitative estimate of drug-likeness (QED) is 0.235. The van der Waals surface area contributed by atoms with Crippen molar-refractivity contribution in [1.82, 2.24) is 15.1 Å². The molecule has 0 aliphatic carbocycles. The summed E-state index contributed by atoms with van der Waals surface area (Å²) in [6.07, 6.45) is 1.31. The maximum absolute atomic E-state index is 12.6. The van der Waals surface area contributed by atoms with E-state index in [9.17, 15) is 4.79 Å². The number of hydrogen-bond acceptors (Lipinski definition) is 4. The fraction of sp³-hybridized carbons (Fsp3) is 0.462. The van der Waals surface area contributed by atoms with Gasteiger partial charge in [-0.3, -0.25) is 9.79 Å². The lowest BCUT2D eigenvalue weighted by molar-refractivity contribution is -0.131. The molecule has 34 heavy (non-hydrogen) atoms. The Balaban J connectivity index is 0.00000324. The fourth-order valence-corrected chi connectivity index (χ4v) is 4.48. The summed E-state index contributed by atoms with van der Waals surface area (Å²) < 4.78 is 5.26. The summed E-state index contributed by atoms with van der Waals surface area (Å²) in [5.74, 6) is 2.05. The molecule has 0 atom stereocenters. The van der Waals surface area contributed by atoms with E-state index in [1.54, 1.807) is 7.11 Å². The standard InChI is InChI=1S/C26H35N5O2.HI/c1-3-27-26(30-17-15-29(16-18-30)23-10-12-24(33-2)13-11-23)28-14-6-9-25(32)31-19-21-7-4-5-8-22(21)20-31;/h4-5,7-8,10-13H,3,6,9,14-20H2,1-2H3,(H,27,28);1H. The van der Waals surface area contributed by atoms with E-state index >= 15 is 0 Å². The Kier molecular flexibility index (Phi) is 9.86. The van der Waals surface area contributed by atoms with Crippen LogP contribution < -0.4 is 15.0 Å². The van der Waals surface area contributed by atoms with Crippen molar-refractivity contribution < 1.29 is 9.53 Å². The van der Waals surface area contributed by atoms with Crippen LogP contribution >= 0.6 is 24.0 Å². The molecule has 2 heterocycles. The highest BCUT2D eigenvalue weighted by Gasteiger charge is 2.23. The number of carbonyl (C=O) groups is 1. The summed E-state index contributed by atoms with van der Waals surface area (Å²) >= 11 is 0. The molecule has 1 N–H and O–H groups in total. The van der Waals surface area contributed by atoms with Crippen LogP contribution in [0.1, 0.15) is 30.9 Å².